The molecular formula is C13H10ClNS2. The van der Waals surface area contributed by atoms with Gasteiger partial charge in [-0.2, -0.15) is 0 Å². The summed E-state index contributed by atoms with van der Waals surface area (Å²) < 4.78 is 2.17. The van der Waals surface area contributed by atoms with Gasteiger partial charge in [-0.15, -0.1) is 22.7 Å². The number of hydrogen-bond donors (Lipinski definition) is 1. The Hall–Kier alpha value is -1.03. The molecule has 0 bridgehead atoms. The number of nitrogens with one attached hydrogen (secondary N) is 1. The highest BCUT2D eigenvalue weighted by molar-refractivity contribution is 7.17. The fraction of sp³-hybridized carbons (Fsp3) is 0.0769. The molecule has 0 amide bonds. The summed E-state index contributed by atoms with van der Waals surface area (Å²) in [5.41, 5.74) is 1.15. The second-order valence-electron chi connectivity index (χ2n) is 3.73. The summed E-state index contributed by atoms with van der Waals surface area (Å²) in [5.74, 6) is 0. The van der Waals surface area contributed by atoms with Crippen molar-refractivity contribution in [3.05, 3.63) is 51.0 Å². The Morgan fingerprint density at radius 2 is 2.06 bits per heavy atom. The summed E-state index contributed by atoms with van der Waals surface area (Å²) >= 11 is 9.29. The van der Waals surface area contributed by atoms with Gasteiger partial charge >= 0.3 is 0 Å². The van der Waals surface area contributed by atoms with E-state index in [0.717, 1.165) is 16.6 Å². The molecule has 1 aromatic carbocycles. The summed E-state index contributed by atoms with van der Waals surface area (Å²) in [4.78, 5) is 1.25. The van der Waals surface area contributed by atoms with Gasteiger partial charge < -0.3 is 5.32 Å². The highest BCUT2D eigenvalue weighted by Gasteiger charge is 2.00. The molecule has 1 N–H and O–H groups in total. The zero-order valence-electron chi connectivity index (χ0n) is 8.94. The summed E-state index contributed by atoms with van der Waals surface area (Å²) in [5, 5.41) is 6.83. The maximum absolute atomic E-state index is 5.90. The maximum Gasteiger partial charge on any atom is 0.0931 e. The van der Waals surface area contributed by atoms with Crippen molar-refractivity contribution < 1.29 is 0 Å². The van der Waals surface area contributed by atoms with Crippen molar-refractivity contribution in [2.75, 3.05) is 5.32 Å². The molecule has 2 heterocycles. The van der Waals surface area contributed by atoms with Crippen LogP contribution in [0.2, 0.25) is 4.34 Å². The Morgan fingerprint density at radius 3 is 2.88 bits per heavy atom. The van der Waals surface area contributed by atoms with E-state index in [9.17, 15) is 0 Å². The van der Waals surface area contributed by atoms with Crippen molar-refractivity contribution in [3.8, 4) is 0 Å². The molecule has 0 aliphatic carbocycles. The molecule has 17 heavy (non-hydrogen) atoms. The van der Waals surface area contributed by atoms with E-state index in [2.05, 4.69) is 41.0 Å². The van der Waals surface area contributed by atoms with Gasteiger partial charge in [0.2, 0.25) is 0 Å². The van der Waals surface area contributed by atoms with Gasteiger partial charge in [0, 0.05) is 21.8 Å². The van der Waals surface area contributed by atoms with Gasteiger partial charge in [0.25, 0.3) is 0 Å². The van der Waals surface area contributed by atoms with E-state index >= 15 is 0 Å². The van der Waals surface area contributed by atoms with Gasteiger partial charge in [-0.1, -0.05) is 11.6 Å². The lowest BCUT2D eigenvalue weighted by atomic mass is 10.2. The first-order chi connectivity index (χ1) is 8.31. The van der Waals surface area contributed by atoms with Crippen molar-refractivity contribution >= 4 is 50.0 Å². The third kappa shape index (κ3) is 2.46. The monoisotopic (exact) mass is 279 g/mol. The average molecular weight is 280 g/mol. The summed E-state index contributed by atoms with van der Waals surface area (Å²) in [7, 11) is 0. The van der Waals surface area contributed by atoms with E-state index in [1.165, 1.54) is 15.0 Å². The number of hydrogen-bond acceptors (Lipinski definition) is 3. The summed E-state index contributed by atoms with van der Waals surface area (Å²) in [6.45, 7) is 0.826. The predicted molar refractivity (Wildman–Crippen MR) is 78.5 cm³/mol. The minimum absolute atomic E-state index is 0.826. The van der Waals surface area contributed by atoms with Gasteiger partial charge in [-0.05, 0) is 47.2 Å². The van der Waals surface area contributed by atoms with Crippen LogP contribution in [-0.2, 0) is 6.54 Å². The van der Waals surface area contributed by atoms with E-state index in [1.807, 2.05) is 6.07 Å². The molecule has 1 nitrogen and oxygen atoms in total. The number of halogens is 1. The van der Waals surface area contributed by atoms with Crippen LogP contribution in [-0.4, -0.2) is 0 Å². The van der Waals surface area contributed by atoms with Crippen LogP contribution in [0.4, 0.5) is 5.69 Å². The quantitative estimate of drug-likeness (QED) is 0.692. The second kappa shape index (κ2) is 4.69. The first-order valence-corrected chi connectivity index (χ1v) is 7.34. The smallest absolute Gasteiger partial charge is 0.0931 e. The number of anilines is 1. The number of thiophene rings is 2. The van der Waals surface area contributed by atoms with Crippen molar-refractivity contribution in [2.24, 2.45) is 0 Å². The Bertz CT molecular complexity index is 641. The van der Waals surface area contributed by atoms with Crippen LogP contribution in [0, 0.1) is 0 Å². The Morgan fingerprint density at radius 1 is 1.12 bits per heavy atom. The van der Waals surface area contributed by atoms with Gasteiger partial charge in [0.15, 0.2) is 0 Å². The van der Waals surface area contributed by atoms with Crippen LogP contribution in [0.1, 0.15) is 4.88 Å². The first-order valence-electron chi connectivity index (χ1n) is 5.26. The normalized spacial score (nSPS) is 10.9. The summed E-state index contributed by atoms with van der Waals surface area (Å²) in [6.07, 6.45) is 0. The molecule has 0 spiro atoms. The lowest BCUT2D eigenvalue weighted by Crippen LogP contribution is -1.96. The van der Waals surface area contributed by atoms with Crippen LogP contribution < -0.4 is 5.32 Å². The topological polar surface area (TPSA) is 12.0 Å². The molecule has 0 aliphatic heterocycles. The average Bonchev–Trinajstić information content (AvgIpc) is 2.94. The molecule has 0 fully saturated rings. The minimum Gasteiger partial charge on any atom is -0.380 e. The van der Waals surface area contributed by atoms with Crippen LogP contribution in [0.5, 0.6) is 0 Å². The Labute approximate surface area is 113 Å². The van der Waals surface area contributed by atoms with E-state index in [4.69, 9.17) is 11.6 Å². The van der Waals surface area contributed by atoms with Gasteiger partial charge in [-0.25, -0.2) is 0 Å². The molecule has 4 heteroatoms. The maximum atomic E-state index is 5.90. The molecule has 86 valence electrons. The Kier molecular flexibility index (Phi) is 3.05. The number of rotatable bonds is 3. The van der Waals surface area contributed by atoms with Crippen molar-refractivity contribution in [2.45, 2.75) is 6.54 Å². The predicted octanol–water partition coefficient (Wildman–Crippen LogP) is 5.23. The van der Waals surface area contributed by atoms with E-state index in [0.29, 0.717) is 0 Å². The molecule has 0 radical (unpaired) electrons. The molecule has 2 aromatic heterocycles. The number of benzene rings is 1. The standard InChI is InChI=1S/C13H10ClNS2/c14-13-4-2-11(17-13)8-15-10-1-3-12-9(7-10)5-6-16-12/h1-7,15H,8H2. The molecular weight excluding hydrogens is 270 g/mol. The van der Waals surface area contributed by atoms with Crippen LogP contribution >= 0.6 is 34.3 Å². The summed E-state index contributed by atoms with van der Waals surface area (Å²) in [6, 6.07) is 12.6. The van der Waals surface area contributed by atoms with Gasteiger partial charge in [0.05, 0.1) is 4.34 Å². The Balaban J connectivity index is 1.76. The van der Waals surface area contributed by atoms with Crippen molar-refractivity contribution in [3.63, 3.8) is 0 Å². The zero-order valence-corrected chi connectivity index (χ0v) is 11.3. The van der Waals surface area contributed by atoms with Crippen molar-refractivity contribution in [1.29, 1.82) is 0 Å². The third-order valence-corrected chi connectivity index (χ3v) is 4.68. The molecule has 0 aliphatic rings. The highest BCUT2D eigenvalue weighted by atomic mass is 35.5. The fourth-order valence-electron chi connectivity index (χ4n) is 1.71. The molecule has 0 atom stereocenters. The van der Waals surface area contributed by atoms with E-state index in [1.54, 1.807) is 22.7 Å². The molecule has 0 saturated heterocycles. The van der Waals surface area contributed by atoms with Gasteiger partial charge in [-0.3, -0.25) is 0 Å². The number of fused-ring (bicyclic) bond motifs is 1. The SMILES string of the molecule is Clc1ccc(CNc2ccc3sccc3c2)s1. The van der Waals surface area contributed by atoms with E-state index < -0.39 is 0 Å². The van der Waals surface area contributed by atoms with Gasteiger partial charge in [0.1, 0.15) is 0 Å². The van der Waals surface area contributed by atoms with E-state index in [-0.39, 0.29) is 0 Å². The lowest BCUT2D eigenvalue weighted by molar-refractivity contribution is 1.20. The molecule has 0 unspecified atom stereocenters. The lowest BCUT2D eigenvalue weighted by Gasteiger charge is -2.04. The third-order valence-electron chi connectivity index (χ3n) is 2.55. The fourth-order valence-corrected chi connectivity index (χ4v) is 3.51. The minimum atomic E-state index is 0.826. The van der Waals surface area contributed by atoms with Crippen molar-refractivity contribution in [1.82, 2.24) is 0 Å². The first kappa shape index (κ1) is 11.1. The zero-order chi connectivity index (χ0) is 11.7. The second-order valence-corrected chi connectivity index (χ2v) is 6.48. The van der Waals surface area contributed by atoms with Crippen LogP contribution in [0.25, 0.3) is 10.1 Å². The van der Waals surface area contributed by atoms with Crippen LogP contribution in [0.3, 0.4) is 0 Å². The molecule has 0 saturated carbocycles. The highest BCUT2D eigenvalue weighted by Crippen LogP contribution is 2.25. The largest absolute Gasteiger partial charge is 0.380 e. The van der Waals surface area contributed by atoms with Crippen LogP contribution in [0.15, 0.2) is 41.8 Å². The molecule has 3 rings (SSSR count). The molecule has 3 aromatic rings.